The van der Waals surface area contributed by atoms with E-state index in [0.717, 1.165) is 37.3 Å². The Kier molecular flexibility index (Phi) is 5.34. The molecule has 0 aromatic carbocycles. The molecule has 1 fully saturated rings. The highest BCUT2D eigenvalue weighted by atomic mass is 16.2. The maximum atomic E-state index is 12.8. The lowest BCUT2D eigenvalue weighted by molar-refractivity contribution is -0.119. The van der Waals surface area contributed by atoms with Gasteiger partial charge in [-0.25, -0.2) is 9.78 Å². The van der Waals surface area contributed by atoms with E-state index in [1.807, 2.05) is 0 Å². The summed E-state index contributed by atoms with van der Waals surface area (Å²) in [6.07, 6.45) is 0. The van der Waals surface area contributed by atoms with E-state index in [1.54, 1.807) is 18.5 Å². The molecule has 1 saturated heterocycles. The highest BCUT2D eigenvalue weighted by Crippen LogP contribution is 2.20. The van der Waals surface area contributed by atoms with Crippen LogP contribution in [-0.2, 0) is 25.4 Å². The molecular formula is C18H28N6O3. The van der Waals surface area contributed by atoms with Crippen LogP contribution in [0.1, 0.15) is 32.6 Å². The van der Waals surface area contributed by atoms with Gasteiger partial charge in [0.1, 0.15) is 5.82 Å². The van der Waals surface area contributed by atoms with Crippen LogP contribution in [0, 0.1) is 0 Å². The number of aryl methyl sites for hydroxylation is 1. The number of aromatic nitrogens is 4. The third-order valence-corrected chi connectivity index (χ3v) is 5.62. The van der Waals surface area contributed by atoms with Crippen molar-refractivity contribution >= 4 is 16.9 Å². The fourth-order valence-corrected chi connectivity index (χ4v) is 3.63. The third-order valence-electron chi connectivity index (χ3n) is 5.62. The minimum absolute atomic E-state index is 0.0535. The first-order chi connectivity index (χ1) is 12.8. The van der Waals surface area contributed by atoms with Crippen molar-refractivity contribution in [3.8, 4) is 0 Å². The molecular weight excluding hydrogens is 348 g/mol. The maximum absolute atomic E-state index is 12.8. The summed E-state index contributed by atoms with van der Waals surface area (Å²) in [6, 6.07) is -0.521. The molecule has 0 aliphatic carbocycles. The zero-order valence-corrected chi connectivity index (χ0v) is 16.7. The highest BCUT2D eigenvalue weighted by molar-refractivity contribution is 5.82. The number of rotatable bonds is 5. The third kappa shape index (κ3) is 3.37. The zero-order valence-electron chi connectivity index (χ0n) is 16.7. The van der Waals surface area contributed by atoms with E-state index in [-0.39, 0.29) is 5.78 Å². The number of carbonyl (C=O) groups excluding carboxylic acids is 1. The number of Topliss-reactive ketones (excluding diaryl/α,β-unsaturated/α-hetero) is 1. The molecule has 0 bridgehead atoms. The van der Waals surface area contributed by atoms with Gasteiger partial charge in [-0.2, -0.15) is 0 Å². The Morgan fingerprint density at radius 3 is 2.22 bits per heavy atom. The number of carbonyl (C=O) groups is 1. The Morgan fingerprint density at radius 1 is 1.07 bits per heavy atom. The molecule has 1 atom stereocenters. The predicted molar refractivity (Wildman–Crippen MR) is 103 cm³/mol. The Morgan fingerprint density at radius 2 is 1.67 bits per heavy atom. The Hall–Kier alpha value is -2.26. The molecule has 148 valence electrons. The predicted octanol–water partition coefficient (Wildman–Crippen LogP) is -0.279. The average molecular weight is 376 g/mol. The van der Waals surface area contributed by atoms with Crippen molar-refractivity contribution < 1.29 is 4.79 Å². The largest absolute Gasteiger partial charge is 0.332 e. The van der Waals surface area contributed by atoms with Crippen LogP contribution in [0.2, 0.25) is 0 Å². The van der Waals surface area contributed by atoms with Crippen LogP contribution >= 0.6 is 0 Å². The smallest absolute Gasteiger partial charge is 0.311 e. The summed E-state index contributed by atoms with van der Waals surface area (Å²) in [6.45, 7) is 10.8. The van der Waals surface area contributed by atoms with Crippen molar-refractivity contribution in [3.63, 3.8) is 0 Å². The minimum atomic E-state index is -0.521. The molecule has 0 radical (unpaired) electrons. The molecule has 3 heterocycles. The lowest BCUT2D eigenvalue weighted by Gasteiger charge is -2.34. The number of hydrogen-bond donors (Lipinski definition) is 0. The Bertz CT molecular complexity index is 978. The molecule has 27 heavy (non-hydrogen) atoms. The van der Waals surface area contributed by atoms with Gasteiger partial charge in [-0.15, -0.1) is 0 Å². The van der Waals surface area contributed by atoms with E-state index in [2.05, 4.69) is 21.7 Å². The van der Waals surface area contributed by atoms with Crippen molar-refractivity contribution in [2.75, 3.05) is 32.7 Å². The summed E-state index contributed by atoms with van der Waals surface area (Å²) >= 11 is 0. The molecule has 2 aromatic rings. The first-order valence-electron chi connectivity index (χ1n) is 9.38. The van der Waals surface area contributed by atoms with Gasteiger partial charge in [0.15, 0.2) is 16.9 Å². The summed E-state index contributed by atoms with van der Waals surface area (Å²) in [5, 5.41) is 0. The molecule has 0 N–H and O–H groups in total. The lowest BCUT2D eigenvalue weighted by Crippen LogP contribution is -2.46. The number of piperazine rings is 1. The van der Waals surface area contributed by atoms with Gasteiger partial charge >= 0.3 is 5.69 Å². The summed E-state index contributed by atoms with van der Waals surface area (Å²) in [5.41, 5.74) is -0.200. The maximum Gasteiger partial charge on any atom is 0.332 e. The minimum Gasteiger partial charge on any atom is -0.311 e. The van der Waals surface area contributed by atoms with Crippen molar-refractivity contribution in [2.45, 2.75) is 33.4 Å². The number of nitrogens with zero attached hydrogens (tertiary/aromatic N) is 6. The number of ketones is 1. The second-order valence-corrected chi connectivity index (χ2v) is 7.27. The Labute approximate surface area is 157 Å². The molecule has 0 amide bonds. The lowest BCUT2D eigenvalue weighted by atomic mass is 10.2. The highest BCUT2D eigenvalue weighted by Gasteiger charge is 2.26. The zero-order chi connectivity index (χ0) is 19.9. The van der Waals surface area contributed by atoms with Crippen molar-refractivity contribution in [3.05, 3.63) is 26.7 Å². The molecule has 9 nitrogen and oxygen atoms in total. The van der Waals surface area contributed by atoms with Crippen LogP contribution in [0.5, 0.6) is 0 Å². The van der Waals surface area contributed by atoms with Crippen LogP contribution in [0.4, 0.5) is 0 Å². The molecule has 9 heteroatoms. The molecule has 0 spiro atoms. The number of likely N-dealkylation sites (N-methyl/N-ethyl adjacent to an activating group) is 1. The van der Waals surface area contributed by atoms with Crippen LogP contribution in [0.25, 0.3) is 11.2 Å². The Balaban J connectivity index is 2.12. The van der Waals surface area contributed by atoms with Crippen molar-refractivity contribution in [1.29, 1.82) is 0 Å². The molecule has 0 saturated carbocycles. The van der Waals surface area contributed by atoms with Gasteiger partial charge in [-0.1, -0.05) is 6.92 Å². The van der Waals surface area contributed by atoms with E-state index in [0.29, 0.717) is 23.5 Å². The van der Waals surface area contributed by atoms with Crippen LogP contribution in [-0.4, -0.2) is 67.0 Å². The quantitative estimate of drug-likeness (QED) is 0.714. The van der Waals surface area contributed by atoms with Gasteiger partial charge in [-0.3, -0.25) is 23.6 Å². The van der Waals surface area contributed by atoms with E-state index >= 15 is 0 Å². The van der Waals surface area contributed by atoms with Crippen LogP contribution in [0.3, 0.4) is 0 Å². The molecule has 3 rings (SSSR count). The van der Waals surface area contributed by atoms with E-state index < -0.39 is 17.3 Å². The van der Waals surface area contributed by atoms with Crippen molar-refractivity contribution in [1.82, 2.24) is 28.5 Å². The summed E-state index contributed by atoms with van der Waals surface area (Å²) < 4.78 is 4.15. The van der Waals surface area contributed by atoms with Gasteiger partial charge in [0, 0.05) is 40.3 Å². The summed E-state index contributed by atoms with van der Waals surface area (Å²) in [5.74, 6) is 0.596. The molecule has 1 aliphatic rings. The molecule has 1 aliphatic heterocycles. The fraction of sp³-hybridized carbons (Fsp3) is 0.667. The SMILES string of the molecule is CCN1CCN(Cc2nc3c(c(=O)n(C)c(=O)n3C)n2C(C)C(C)=O)CC1. The second-order valence-electron chi connectivity index (χ2n) is 7.27. The fourth-order valence-electron chi connectivity index (χ4n) is 3.63. The van der Waals surface area contributed by atoms with Crippen molar-refractivity contribution in [2.24, 2.45) is 14.1 Å². The summed E-state index contributed by atoms with van der Waals surface area (Å²) in [4.78, 5) is 46.5. The first kappa shape index (κ1) is 19.5. The van der Waals surface area contributed by atoms with E-state index in [9.17, 15) is 14.4 Å². The molecule has 1 unspecified atom stereocenters. The topological polar surface area (TPSA) is 85.4 Å². The summed E-state index contributed by atoms with van der Waals surface area (Å²) in [7, 11) is 3.05. The van der Waals surface area contributed by atoms with Gasteiger partial charge in [-0.05, 0) is 20.4 Å². The van der Waals surface area contributed by atoms with Gasteiger partial charge in [0.25, 0.3) is 5.56 Å². The van der Waals surface area contributed by atoms with E-state index in [4.69, 9.17) is 0 Å². The monoisotopic (exact) mass is 376 g/mol. The molecule has 2 aromatic heterocycles. The van der Waals surface area contributed by atoms with Crippen LogP contribution in [0.15, 0.2) is 9.59 Å². The van der Waals surface area contributed by atoms with E-state index in [1.165, 1.54) is 18.5 Å². The number of fused-ring (bicyclic) bond motifs is 1. The standard InChI is InChI=1S/C18H28N6O3/c1-6-22-7-9-23(10-8-22)11-14-19-16-15(24(14)12(2)13(3)25)17(26)21(5)18(27)20(16)4/h12H,6-11H2,1-5H3. The van der Waals surface area contributed by atoms with Crippen LogP contribution < -0.4 is 11.2 Å². The number of imidazole rings is 1. The van der Waals surface area contributed by atoms with Gasteiger partial charge < -0.3 is 9.47 Å². The van der Waals surface area contributed by atoms with Gasteiger partial charge in [0.05, 0.1) is 12.6 Å². The average Bonchev–Trinajstić information content (AvgIpc) is 3.03. The second kappa shape index (κ2) is 7.40. The normalized spacial score (nSPS) is 17.5. The first-order valence-corrected chi connectivity index (χ1v) is 9.38. The number of hydrogen-bond acceptors (Lipinski definition) is 6. The van der Waals surface area contributed by atoms with Gasteiger partial charge in [0.2, 0.25) is 0 Å².